The van der Waals surface area contributed by atoms with Gasteiger partial charge in [0.15, 0.2) is 0 Å². The van der Waals surface area contributed by atoms with Gasteiger partial charge < -0.3 is 9.72 Å². The largest absolute Gasteiger partial charge is 0.311 e. The van der Waals surface area contributed by atoms with Crippen LogP contribution in [-0.2, 0) is 6.54 Å². The Hall–Kier alpha value is -1.06. The van der Waals surface area contributed by atoms with E-state index in [1.165, 1.54) is 25.7 Å². The highest BCUT2D eigenvalue weighted by atomic mass is 35.5. The minimum atomic E-state index is 0.320. The molecule has 0 radical (unpaired) electrons. The molecule has 3 rings (SSSR count). The first kappa shape index (κ1) is 12.9. The molecule has 1 aliphatic rings. The van der Waals surface area contributed by atoms with E-state index in [4.69, 9.17) is 11.6 Å². The van der Waals surface area contributed by atoms with Crippen LogP contribution in [0.15, 0.2) is 30.6 Å². The lowest BCUT2D eigenvalue weighted by Crippen LogP contribution is -2.33. The standard InChI is InChI=1S/C15H20ClN3/c16-11-15(6-2-3-7-15)12-17-9-13-10-19-8-4-1-5-14(19)18-13/h1,4-5,8,10,17H,2-3,6-7,9,11-12H2. The average Bonchev–Trinajstić information content (AvgIpc) is 3.05. The molecule has 1 saturated carbocycles. The summed E-state index contributed by atoms with van der Waals surface area (Å²) >= 11 is 6.15. The van der Waals surface area contributed by atoms with Gasteiger partial charge >= 0.3 is 0 Å². The molecule has 4 heteroatoms. The van der Waals surface area contributed by atoms with Gasteiger partial charge in [-0.15, -0.1) is 11.6 Å². The summed E-state index contributed by atoms with van der Waals surface area (Å²) in [6, 6.07) is 6.06. The molecule has 0 spiro atoms. The third-order valence-electron chi connectivity index (χ3n) is 4.17. The summed E-state index contributed by atoms with van der Waals surface area (Å²) in [7, 11) is 0. The molecular weight excluding hydrogens is 258 g/mol. The van der Waals surface area contributed by atoms with Crippen LogP contribution in [0.2, 0.25) is 0 Å². The van der Waals surface area contributed by atoms with Crippen molar-refractivity contribution in [1.29, 1.82) is 0 Å². The minimum Gasteiger partial charge on any atom is -0.311 e. The molecule has 1 N–H and O–H groups in total. The number of fused-ring (bicyclic) bond motifs is 1. The Bertz CT molecular complexity index is 510. The van der Waals surface area contributed by atoms with Gasteiger partial charge in [-0.05, 0) is 30.4 Å². The van der Waals surface area contributed by atoms with E-state index in [1.54, 1.807) is 0 Å². The van der Waals surface area contributed by atoms with Gasteiger partial charge in [-0.3, -0.25) is 0 Å². The Morgan fingerprint density at radius 1 is 1.32 bits per heavy atom. The second-order valence-electron chi connectivity index (χ2n) is 5.64. The van der Waals surface area contributed by atoms with Crippen molar-refractivity contribution < 1.29 is 0 Å². The fourth-order valence-corrected chi connectivity index (χ4v) is 3.37. The summed E-state index contributed by atoms with van der Waals surface area (Å²) in [6.45, 7) is 1.82. The Morgan fingerprint density at radius 2 is 2.16 bits per heavy atom. The highest BCUT2D eigenvalue weighted by Gasteiger charge is 2.32. The summed E-state index contributed by atoms with van der Waals surface area (Å²) in [4.78, 5) is 4.59. The molecule has 0 atom stereocenters. The normalized spacial score (nSPS) is 18.2. The van der Waals surface area contributed by atoms with E-state index in [-0.39, 0.29) is 0 Å². The van der Waals surface area contributed by atoms with Crippen LogP contribution in [0.25, 0.3) is 5.65 Å². The van der Waals surface area contributed by atoms with E-state index < -0.39 is 0 Å². The third kappa shape index (κ3) is 2.77. The SMILES string of the molecule is ClCC1(CNCc2cn3ccccc3n2)CCCC1. The number of alkyl halides is 1. The van der Waals surface area contributed by atoms with Crippen LogP contribution in [0.3, 0.4) is 0 Å². The lowest BCUT2D eigenvalue weighted by Gasteiger charge is -2.26. The number of imidazole rings is 1. The van der Waals surface area contributed by atoms with Gasteiger partial charge in [0.1, 0.15) is 5.65 Å². The van der Waals surface area contributed by atoms with Crippen LogP contribution in [0.5, 0.6) is 0 Å². The van der Waals surface area contributed by atoms with Crippen LogP contribution >= 0.6 is 11.6 Å². The van der Waals surface area contributed by atoms with E-state index in [0.717, 1.165) is 30.3 Å². The topological polar surface area (TPSA) is 29.3 Å². The summed E-state index contributed by atoms with van der Waals surface area (Å²) in [5.74, 6) is 0.769. The smallest absolute Gasteiger partial charge is 0.137 e. The first-order valence-electron chi connectivity index (χ1n) is 7.01. The number of nitrogens with one attached hydrogen (secondary N) is 1. The number of hydrogen-bond donors (Lipinski definition) is 1. The number of aromatic nitrogens is 2. The Morgan fingerprint density at radius 3 is 2.89 bits per heavy atom. The molecule has 2 heterocycles. The lowest BCUT2D eigenvalue weighted by atomic mass is 9.88. The van der Waals surface area contributed by atoms with Crippen molar-refractivity contribution >= 4 is 17.2 Å². The fraction of sp³-hybridized carbons (Fsp3) is 0.533. The molecule has 19 heavy (non-hydrogen) atoms. The second kappa shape index (κ2) is 5.51. The van der Waals surface area contributed by atoms with Gasteiger partial charge in [-0.1, -0.05) is 18.9 Å². The van der Waals surface area contributed by atoms with E-state index in [9.17, 15) is 0 Å². The molecule has 102 valence electrons. The van der Waals surface area contributed by atoms with Crippen LogP contribution in [0.4, 0.5) is 0 Å². The summed E-state index contributed by atoms with van der Waals surface area (Å²) in [5.41, 5.74) is 2.42. The molecule has 1 fully saturated rings. The predicted molar refractivity (Wildman–Crippen MR) is 78.5 cm³/mol. The summed E-state index contributed by atoms with van der Waals surface area (Å²) in [6.07, 6.45) is 9.28. The van der Waals surface area contributed by atoms with Gasteiger partial charge in [0, 0.05) is 31.4 Å². The van der Waals surface area contributed by atoms with Crippen molar-refractivity contribution in [1.82, 2.24) is 14.7 Å². The van der Waals surface area contributed by atoms with Gasteiger partial charge in [-0.25, -0.2) is 4.98 Å². The van der Waals surface area contributed by atoms with E-state index in [2.05, 4.69) is 20.9 Å². The van der Waals surface area contributed by atoms with Crippen LogP contribution in [0, 0.1) is 5.41 Å². The molecule has 2 aromatic rings. The third-order valence-corrected chi connectivity index (χ3v) is 4.73. The average molecular weight is 278 g/mol. The molecule has 1 aliphatic carbocycles. The zero-order valence-corrected chi connectivity index (χ0v) is 11.9. The van der Waals surface area contributed by atoms with Crippen LogP contribution in [0.1, 0.15) is 31.4 Å². The molecule has 0 amide bonds. The minimum absolute atomic E-state index is 0.320. The van der Waals surface area contributed by atoms with E-state index in [1.807, 2.05) is 24.4 Å². The zero-order chi connectivity index (χ0) is 13.1. The zero-order valence-electron chi connectivity index (χ0n) is 11.1. The fourth-order valence-electron chi connectivity index (χ4n) is 3.01. The van der Waals surface area contributed by atoms with Crippen LogP contribution < -0.4 is 5.32 Å². The van der Waals surface area contributed by atoms with Crippen molar-refractivity contribution in [2.75, 3.05) is 12.4 Å². The first-order valence-corrected chi connectivity index (χ1v) is 7.54. The number of nitrogens with zero attached hydrogens (tertiary/aromatic N) is 2. The van der Waals surface area contributed by atoms with E-state index in [0.29, 0.717) is 5.41 Å². The van der Waals surface area contributed by atoms with Crippen molar-refractivity contribution in [3.8, 4) is 0 Å². The molecule has 0 saturated heterocycles. The van der Waals surface area contributed by atoms with Crippen molar-refractivity contribution in [3.63, 3.8) is 0 Å². The molecule has 2 aromatic heterocycles. The Balaban J connectivity index is 1.60. The molecule has 0 bridgehead atoms. The number of halogens is 1. The number of pyridine rings is 1. The number of rotatable bonds is 5. The van der Waals surface area contributed by atoms with E-state index >= 15 is 0 Å². The number of hydrogen-bond acceptors (Lipinski definition) is 2. The van der Waals surface area contributed by atoms with Crippen molar-refractivity contribution in [2.24, 2.45) is 5.41 Å². The highest BCUT2D eigenvalue weighted by Crippen LogP contribution is 2.38. The second-order valence-corrected chi connectivity index (χ2v) is 5.91. The lowest BCUT2D eigenvalue weighted by molar-refractivity contribution is 0.320. The van der Waals surface area contributed by atoms with Crippen molar-refractivity contribution in [3.05, 3.63) is 36.3 Å². The summed E-state index contributed by atoms with van der Waals surface area (Å²) in [5, 5.41) is 3.54. The molecule has 0 unspecified atom stereocenters. The highest BCUT2D eigenvalue weighted by molar-refractivity contribution is 6.18. The maximum atomic E-state index is 6.15. The van der Waals surface area contributed by atoms with Crippen LogP contribution in [-0.4, -0.2) is 21.8 Å². The maximum Gasteiger partial charge on any atom is 0.137 e. The maximum absolute atomic E-state index is 6.15. The molecule has 0 aromatic carbocycles. The van der Waals surface area contributed by atoms with Gasteiger partial charge in [-0.2, -0.15) is 0 Å². The Kier molecular flexibility index (Phi) is 3.76. The molecule has 3 nitrogen and oxygen atoms in total. The van der Waals surface area contributed by atoms with Crippen molar-refractivity contribution in [2.45, 2.75) is 32.2 Å². The quantitative estimate of drug-likeness (QED) is 0.851. The summed E-state index contributed by atoms with van der Waals surface area (Å²) < 4.78 is 2.06. The molecular formula is C15H20ClN3. The molecule has 0 aliphatic heterocycles. The van der Waals surface area contributed by atoms with Gasteiger partial charge in [0.05, 0.1) is 5.69 Å². The van der Waals surface area contributed by atoms with Gasteiger partial charge in [0.2, 0.25) is 0 Å². The Labute approximate surface area is 119 Å². The van der Waals surface area contributed by atoms with Gasteiger partial charge in [0.25, 0.3) is 0 Å². The predicted octanol–water partition coefficient (Wildman–Crippen LogP) is 3.22. The first-order chi connectivity index (χ1) is 9.31. The monoisotopic (exact) mass is 277 g/mol.